The van der Waals surface area contributed by atoms with Crippen LogP contribution >= 0.6 is 12.6 Å². The molecule has 1 amide bonds. The van der Waals surface area contributed by atoms with Gasteiger partial charge in [-0.15, -0.1) is 0 Å². The molecule has 0 fully saturated rings. The van der Waals surface area contributed by atoms with Crippen molar-refractivity contribution in [1.29, 1.82) is 0 Å². The predicted octanol–water partition coefficient (Wildman–Crippen LogP) is 6.67. The molecule has 0 radical (unpaired) electrons. The Balaban J connectivity index is 1.37. The van der Waals surface area contributed by atoms with E-state index in [1.807, 2.05) is 72.8 Å². The number of aromatic nitrogens is 2. The van der Waals surface area contributed by atoms with Crippen LogP contribution in [-0.4, -0.2) is 38.3 Å². The Labute approximate surface area is 245 Å². The van der Waals surface area contributed by atoms with Gasteiger partial charge in [-0.3, -0.25) is 4.79 Å². The summed E-state index contributed by atoms with van der Waals surface area (Å²) in [6.07, 6.45) is 2.48. The van der Waals surface area contributed by atoms with Gasteiger partial charge < -0.3 is 15.0 Å². The van der Waals surface area contributed by atoms with Gasteiger partial charge in [-0.05, 0) is 59.4 Å². The number of benzene rings is 4. The number of fused-ring (bicyclic) bond motifs is 1. The molecule has 4 aromatic carbocycles. The summed E-state index contributed by atoms with van der Waals surface area (Å²) in [6, 6.07) is 30.7. The molecule has 0 spiro atoms. The standard InChI is InChI=1S/C34H33N3O3S/c1-2-8-32-36-30-20-26(33(38)35-27(22-41)19-23-9-4-3-5-10-23)17-18-31(30)37(32)21-24-13-15-25(16-14-24)28-11-6-7-12-29(28)34(39)40/h3-7,9-18,20,27,41H,2,8,19,21-22H2,1H3,(H,35,38)(H,39,40)/t27-/m1/s1. The summed E-state index contributed by atoms with van der Waals surface area (Å²) in [7, 11) is 0. The smallest absolute Gasteiger partial charge is 0.336 e. The Morgan fingerprint density at radius 2 is 1.66 bits per heavy atom. The lowest BCUT2D eigenvalue weighted by Gasteiger charge is -2.17. The highest BCUT2D eigenvalue weighted by Crippen LogP contribution is 2.26. The quantitative estimate of drug-likeness (QED) is 0.157. The van der Waals surface area contributed by atoms with Crippen LogP contribution < -0.4 is 5.32 Å². The van der Waals surface area contributed by atoms with E-state index in [0.717, 1.165) is 46.4 Å². The van der Waals surface area contributed by atoms with Crippen LogP contribution in [-0.2, 0) is 19.4 Å². The third kappa shape index (κ3) is 6.52. The Kier molecular flexibility index (Phi) is 8.85. The highest BCUT2D eigenvalue weighted by atomic mass is 32.1. The highest BCUT2D eigenvalue weighted by molar-refractivity contribution is 7.80. The summed E-state index contributed by atoms with van der Waals surface area (Å²) in [5.74, 6) is 0.436. The fourth-order valence-electron chi connectivity index (χ4n) is 5.13. The predicted molar refractivity (Wildman–Crippen MR) is 167 cm³/mol. The molecule has 2 N–H and O–H groups in total. The molecule has 7 heteroatoms. The molecule has 5 rings (SSSR count). The Morgan fingerprint density at radius 3 is 2.37 bits per heavy atom. The molecular weight excluding hydrogens is 530 g/mol. The molecule has 5 aromatic rings. The van der Waals surface area contributed by atoms with Gasteiger partial charge in [-0.25, -0.2) is 9.78 Å². The van der Waals surface area contributed by atoms with E-state index in [2.05, 4.69) is 41.6 Å². The van der Waals surface area contributed by atoms with E-state index < -0.39 is 5.97 Å². The molecule has 0 saturated carbocycles. The van der Waals surface area contributed by atoms with Crippen LogP contribution in [0.15, 0.2) is 97.1 Å². The number of thiol groups is 1. The maximum atomic E-state index is 13.2. The normalized spacial score (nSPS) is 11.9. The topological polar surface area (TPSA) is 84.2 Å². The lowest BCUT2D eigenvalue weighted by atomic mass is 9.99. The van der Waals surface area contributed by atoms with E-state index in [4.69, 9.17) is 4.98 Å². The number of amides is 1. The summed E-state index contributed by atoms with van der Waals surface area (Å²) >= 11 is 4.46. The van der Waals surface area contributed by atoms with Crippen molar-refractivity contribution in [2.75, 3.05) is 5.75 Å². The number of carboxylic acid groups (broad SMARTS) is 1. The summed E-state index contributed by atoms with van der Waals surface area (Å²) in [6.45, 7) is 2.75. The first kappa shape index (κ1) is 28.2. The van der Waals surface area contributed by atoms with Gasteiger partial charge in [0, 0.05) is 30.3 Å². The van der Waals surface area contributed by atoms with Gasteiger partial charge in [0.25, 0.3) is 5.91 Å². The van der Waals surface area contributed by atoms with E-state index >= 15 is 0 Å². The summed E-state index contributed by atoms with van der Waals surface area (Å²) < 4.78 is 2.20. The van der Waals surface area contributed by atoms with Crippen molar-refractivity contribution in [3.8, 4) is 11.1 Å². The lowest BCUT2D eigenvalue weighted by Crippen LogP contribution is -2.37. The van der Waals surface area contributed by atoms with Gasteiger partial charge in [0.1, 0.15) is 5.82 Å². The summed E-state index contributed by atoms with van der Waals surface area (Å²) in [5.41, 5.74) is 6.42. The van der Waals surface area contributed by atoms with Crippen molar-refractivity contribution in [1.82, 2.24) is 14.9 Å². The molecule has 1 heterocycles. The van der Waals surface area contributed by atoms with Crippen molar-refractivity contribution >= 4 is 35.5 Å². The zero-order valence-electron chi connectivity index (χ0n) is 23.0. The number of carboxylic acids is 1. The second kappa shape index (κ2) is 12.9. The van der Waals surface area contributed by atoms with Crippen LogP contribution in [0.4, 0.5) is 0 Å². The van der Waals surface area contributed by atoms with Gasteiger partial charge >= 0.3 is 5.97 Å². The molecule has 1 atom stereocenters. The van der Waals surface area contributed by atoms with Crippen LogP contribution in [0.1, 0.15) is 51.0 Å². The molecule has 0 bridgehead atoms. The SMILES string of the molecule is CCCc1nc2cc(C(=O)N[C@@H](CS)Cc3ccccc3)ccc2n1Cc1ccc(-c2ccccc2C(=O)O)cc1. The van der Waals surface area contributed by atoms with Crippen LogP contribution in [0.2, 0.25) is 0 Å². The summed E-state index contributed by atoms with van der Waals surface area (Å²) in [5, 5.41) is 12.7. The van der Waals surface area contributed by atoms with Gasteiger partial charge in [0.2, 0.25) is 0 Å². The Morgan fingerprint density at radius 1 is 0.927 bits per heavy atom. The minimum absolute atomic E-state index is 0.0809. The molecular formula is C34H33N3O3S. The first-order valence-corrected chi connectivity index (χ1v) is 14.5. The number of carbonyl (C=O) groups excluding carboxylic acids is 1. The fourth-order valence-corrected chi connectivity index (χ4v) is 5.35. The molecule has 0 unspecified atom stereocenters. The van der Waals surface area contributed by atoms with Crippen LogP contribution in [0.25, 0.3) is 22.2 Å². The molecule has 0 aliphatic carbocycles. The van der Waals surface area contributed by atoms with E-state index in [1.54, 1.807) is 12.1 Å². The monoisotopic (exact) mass is 563 g/mol. The first-order chi connectivity index (χ1) is 20.0. The molecule has 0 aliphatic heterocycles. The third-order valence-electron chi connectivity index (χ3n) is 7.21. The molecule has 0 saturated heterocycles. The molecule has 208 valence electrons. The van der Waals surface area contributed by atoms with Crippen LogP contribution in [0.3, 0.4) is 0 Å². The zero-order valence-corrected chi connectivity index (χ0v) is 23.9. The summed E-state index contributed by atoms with van der Waals surface area (Å²) in [4.78, 5) is 29.7. The van der Waals surface area contributed by atoms with E-state index in [1.165, 1.54) is 0 Å². The van der Waals surface area contributed by atoms with Crippen molar-refractivity contribution in [3.05, 3.63) is 125 Å². The minimum atomic E-state index is -0.941. The lowest BCUT2D eigenvalue weighted by molar-refractivity contribution is 0.0697. The maximum Gasteiger partial charge on any atom is 0.336 e. The average molecular weight is 564 g/mol. The average Bonchev–Trinajstić information content (AvgIpc) is 3.33. The van der Waals surface area contributed by atoms with Gasteiger partial charge in [0.15, 0.2) is 0 Å². The number of hydrogen-bond donors (Lipinski definition) is 3. The molecule has 0 aliphatic rings. The Bertz CT molecular complexity index is 1660. The number of carbonyl (C=O) groups is 2. The number of rotatable bonds is 11. The van der Waals surface area contributed by atoms with Crippen LogP contribution in [0, 0.1) is 0 Å². The minimum Gasteiger partial charge on any atom is -0.478 e. The van der Waals surface area contributed by atoms with Crippen molar-refractivity contribution < 1.29 is 14.7 Å². The van der Waals surface area contributed by atoms with Crippen molar-refractivity contribution in [2.45, 2.75) is 38.8 Å². The zero-order chi connectivity index (χ0) is 28.8. The largest absolute Gasteiger partial charge is 0.478 e. The number of aromatic carboxylic acids is 1. The number of nitrogens with zero attached hydrogens (tertiary/aromatic N) is 2. The molecule has 41 heavy (non-hydrogen) atoms. The van der Waals surface area contributed by atoms with E-state index in [0.29, 0.717) is 29.8 Å². The third-order valence-corrected chi connectivity index (χ3v) is 7.65. The molecule has 1 aromatic heterocycles. The van der Waals surface area contributed by atoms with Crippen molar-refractivity contribution in [3.63, 3.8) is 0 Å². The van der Waals surface area contributed by atoms with Crippen LogP contribution in [0.5, 0.6) is 0 Å². The van der Waals surface area contributed by atoms with E-state index in [9.17, 15) is 14.7 Å². The van der Waals surface area contributed by atoms with Gasteiger partial charge in [-0.2, -0.15) is 12.6 Å². The van der Waals surface area contributed by atoms with Gasteiger partial charge in [0.05, 0.1) is 16.6 Å². The maximum absolute atomic E-state index is 13.2. The second-order valence-electron chi connectivity index (χ2n) is 10.2. The Hall–Kier alpha value is -4.36. The molecule has 6 nitrogen and oxygen atoms in total. The highest BCUT2D eigenvalue weighted by Gasteiger charge is 2.17. The number of aryl methyl sites for hydroxylation is 1. The second-order valence-corrected chi connectivity index (χ2v) is 10.5. The van der Waals surface area contributed by atoms with E-state index in [-0.39, 0.29) is 17.5 Å². The fraction of sp³-hybridized carbons (Fsp3) is 0.206. The number of nitrogens with one attached hydrogen (secondary N) is 1. The first-order valence-electron chi connectivity index (χ1n) is 13.8. The number of hydrogen-bond acceptors (Lipinski definition) is 4. The van der Waals surface area contributed by atoms with Crippen molar-refractivity contribution in [2.24, 2.45) is 0 Å². The van der Waals surface area contributed by atoms with Gasteiger partial charge in [-0.1, -0.05) is 79.7 Å². The number of imidazole rings is 1.